The maximum Gasteiger partial charge on any atom is 0.223 e. The Morgan fingerprint density at radius 1 is 1.50 bits per heavy atom. The maximum atomic E-state index is 5.31. The molecule has 0 unspecified atom stereocenters. The molecule has 0 saturated carbocycles. The molecule has 1 aromatic rings. The molecule has 0 saturated heterocycles. The zero-order valence-corrected chi connectivity index (χ0v) is 7.16. The number of nitrogens with one attached hydrogen (secondary N) is 1. The number of halogens is 1. The first-order valence-electron chi connectivity index (χ1n) is 2.49. The van der Waals surface area contributed by atoms with Gasteiger partial charge < -0.3 is 11.2 Å². The third kappa shape index (κ3) is 1.67. The van der Waals surface area contributed by atoms with Crippen molar-refractivity contribution in [1.82, 2.24) is 9.97 Å². The molecule has 0 aromatic carbocycles. The Labute approximate surface area is 71.3 Å². The lowest BCUT2D eigenvalue weighted by Gasteiger charge is -1.98. The summed E-state index contributed by atoms with van der Waals surface area (Å²) in [6.45, 7) is 0. The van der Waals surface area contributed by atoms with Crippen molar-refractivity contribution >= 4 is 34.4 Å². The maximum absolute atomic E-state index is 5.31. The van der Waals surface area contributed by atoms with Crippen molar-refractivity contribution in [2.24, 2.45) is 5.84 Å². The van der Waals surface area contributed by atoms with Crippen LogP contribution in [0.5, 0.6) is 0 Å². The molecule has 0 spiro atoms. The number of hydrogen-bond donors (Lipinski definition) is 3. The lowest BCUT2D eigenvalue weighted by molar-refractivity contribution is 1.13. The first-order chi connectivity index (χ1) is 4.72. The molecular formula is C4H6IN5. The summed E-state index contributed by atoms with van der Waals surface area (Å²) in [5.74, 6) is 5.84. The topological polar surface area (TPSA) is 89.8 Å². The van der Waals surface area contributed by atoms with E-state index in [0.29, 0.717) is 5.82 Å². The second kappa shape index (κ2) is 2.97. The van der Waals surface area contributed by atoms with Crippen molar-refractivity contribution < 1.29 is 0 Å². The molecular weight excluding hydrogens is 245 g/mol. The smallest absolute Gasteiger partial charge is 0.223 e. The monoisotopic (exact) mass is 251 g/mol. The lowest BCUT2D eigenvalue weighted by atomic mass is 10.6. The van der Waals surface area contributed by atoms with Gasteiger partial charge in [0.25, 0.3) is 0 Å². The van der Waals surface area contributed by atoms with Gasteiger partial charge in [0.05, 0.1) is 0 Å². The summed E-state index contributed by atoms with van der Waals surface area (Å²) in [4.78, 5) is 7.62. The molecule has 0 aliphatic heterocycles. The van der Waals surface area contributed by atoms with Gasteiger partial charge in [-0.15, -0.1) is 0 Å². The Hall–Kier alpha value is -0.630. The molecule has 0 amide bonds. The van der Waals surface area contributed by atoms with E-state index in [4.69, 9.17) is 11.6 Å². The number of hydrazine groups is 1. The number of aromatic nitrogens is 2. The van der Waals surface area contributed by atoms with Gasteiger partial charge >= 0.3 is 0 Å². The molecule has 5 nitrogen and oxygen atoms in total. The molecule has 54 valence electrons. The van der Waals surface area contributed by atoms with Gasteiger partial charge in [0.1, 0.15) is 9.52 Å². The SMILES string of the molecule is NNc1cc(I)nc(N)n1. The van der Waals surface area contributed by atoms with Gasteiger partial charge in [-0.2, -0.15) is 4.98 Å². The number of hydrogen-bond acceptors (Lipinski definition) is 5. The van der Waals surface area contributed by atoms with Crippen molar-refractivity contribution in [3.05, 3.63) is 9.77 Å². The average molecular weight is 251 g/mol. The minimum Gasteiger partial charge on any atom is -0.368 e. The molecule has 6 heteroatoms. The van der Waals surface area contributed by atoms with Crippen LogP contribution in [0, 0.1) is 3.70 Å². The van der Waals surface area contributed by atoms with Crippen LogP contribution in [0.4, 0.5) is 11.8 Å². The first-order valence-corrected chi connectivity index (χ1v) is 3.57. The zero-order valence-electron chi connectivity index (χ0n) is 5.00. The highest BCUT2D eigenvalue weighted by molar-refractivity contribution is 14.1. The number of nitrogens with zero attached hydrogens (tertiary/aromatic N) is 2. The van der Waals surface area contributed by atoms with Crippen LogP contribution >= 0.6 is 22.6 Å². The Bertz CT molecular complexity index is 217. The van der Waals surface area contributed by atoms with E-state index in [9.17, 15) is 0 Å². The van der Waals surface area contributed by atoms with Crippen LogP contribution in [0.3, 0.4) is 0 Å². The van der Waals surface area contributed by atoms with Gasteiger partial charge in [0.15, 0.2) is 0 Å². The Kier molecular flexibility index (Phi) is 2.22. The Balaban J connectivity index is 3.06. The highest BCUT2D eigenvalue weighted by atomic mass is 127. The zero-order chi connectivity index (χ0) is 7.56. The van der Waals surface area contributed by atoms with E-state index in [0.717, 1.165) is 3.70 Å². The van der Waals surface area contributed by atoms with E-state index in [1.165, 1.54) is 0 Å². The number of nitrogen functional groups attached to an aromatic ring is 2. The van der Waals surface area contributed by atoms with Crippen LogP contribution in [0.1, 0.15) is 0 Å². The lowest BCUT2D eigenvalue weighted by Crippen LogP contribution is -2.10. The van der Waals surface area contributed by atoms with Crippen molar-refractivity contribution in [2.45, 2.75) is 0 Å². The molecule has 0 aliphatic carbocycles. The summed E-state index contributed by atoms with van der Waals surface area (Å²) >= 11 is 2.03. The second-order valence-electron chi connectivity index (χ2n) is 1.58. The third-order valence-electron chi connectivity index (χ3n) is 0.860. The average Bonchev–Trinajstić information content (AvgIpc) is 1.85. The molecule has 1 rings (SSSR count). The Morgan fingerprint density at radius 3 is 2.70 bits per heavy atom. The predicted octanol–water partition coefficient (Wildman–Crippen LogP) is -0.0510. The minimum atomic E-state index is 0.222. The van der Waals surface area contributed by atoms with E-state index in [1.807, 2.05) is 22.6 Å². The molecule has 0 atom stereocenters. The molecule has 0 radical (unpaired) electrons. The fourth-order valence-corrected chi connectivity index (χ4v) is 1.05. The van der Waals surface area contributed by atoms with Crippen molar-refractivity contribution in [1.29, 1.82) is 0 Å². The summed E-state index contributed by atoms with van der Waals surface area (Å²) in [6.07, 6.45) is 0. The summed E-state index contributed by atoms with van der Waals surface area (Å²) in [5, 5.41) is 0. The molecule has 0 aliphatic rings. The fraction of sp³-hybridized carbons (Fsp3) is 0. The normalized spacial score (nSPS) is 9.40. The van der Waals surface area contributed by atoms with Gasteiger partial charge in [-0.05, 0) is 22.6 Å². The number of rotatable bonds is 1. The van der Waals surface area contributed by atoms with Crippen LogP contribution in [0.15, 0.2) is 6.07 Å². The first kappa shape index (κ1) is 7.48. The van der Waals surface area contributed by atoms with E-state index in [2.05, 4.69) is 15.4 Å². The van der Waals surface area contributed by atoms with Crippen LogP contribution in [-0.2, 0) is 0 Å². The van der Waals surface area contributed by atoms with E-state index in [1.54, 1.807) is 6.07 Å². The molecule has 1 heterocycles. The quantitative estimate of drug-likeness (QED) is 0.282. The molecule has 0 fully saturated rings. The van der Waals surface area contributed by atoms with Gasteiger partial charge in [-0.25, -0.2) is 10.8 Å². The highest BCUT2D eigenvalue weighted by Gasteiger charge is 1.95. The summed E-state index contributed by atoms with van der Waals surface area (Å²) in [5.41, 5.74) is 7.69. The summed E-state index contributed by atoms with van der Waals surface area (Å²) in [7, 11) is 0. The molecule has 0 bridgehead atoms. The van der Waals surface area contributed by atoms with Gasteiger partial charge in [-0.3, -0.25) is 0 Å². The predicted molar refractivity (Wildman–Crippen MR) is 47.0 cm³/mol. The third-order valence-corrected chi connectivity index (χ3v) is 1.41. The minimum absolute atomic E-state index is 0.222. The number of anilines is 2. The van der Waals surface area contributed by atoms with E-state index >= 15 is 0 Å². The van der Waals surface area contributed by atoms with E-state index < -0.39 is 0 Å². The van der Waals surface area contributed by atoms with Crippen LogP contribution in [0.25, 0.3) is 0 Å². The van der Waals surface area contributed by atoms with Crippen LogP contribution in [-0.4, -0.2) is 9.97 Å². The van der Waals surface area contributed by atoms with Crippen molar-refractivity contribution in [2.75, 3.05) is 11.2 Å². The van der Waals surface area contributed by atoms with Gasteiger partial charge in [0.2, 0.25) is 5.95 Å². The van der Waals surface area contributed by atoms with Gasteiger partial charge in [0, 0.05) is 6.07 Å². The van der Waals surface area contributed by atoms with E-state index in [-0.39, 0.29) is 5.95 Å². The molecule has 10 heavy (non-hydrogen) atoms. The summed E-state index contributed by atoms with van der Waals surface area (Å²) in [6, 6.07) is 1.69. The fourth-order valence-electron chi connectivity index (χ4n) is 0.509. The summed E-state index contributed by atoms with van der Waals surface area (Å²) < 4.78 is 0.762. The second-order valence-corrected chi connectivity index (χ2v) is 2.68. The molecule has 1 aromatic heterocycles. The number of nitrogens with two attached hydrogens (primary N) is 2. The molecule has 5 N–H and O–H groups in total. The van der Waals surface area contributed by atoms with Crippen molar-refractivity contribution in [3.63, 3.8) is 0 Å². The highest BCUT2D eigenvalue weighted by Crippen LogP contribution is 2.07. The van der Waals surface area contributed by atoms with Crippen LogP contribution in [0.2, 0.25) is 0 Å². The standard InChI is InChI=1S/C4H6IN5/c5-2-1-3(10-7)9-4(6)8-2/h1H,7H2,(H3,6,8,9,10). The Morgan fingerprint density at radius 2 is 2.20 bits per heavy atom. The van der Waals surface area contributed by atoms with Crippen molar-refractivity contribution in [3.8, 4) is 0 Å². The van der Waals surface area contributed by atoms with Gasteiger partial charge in [-0.1, -0.05) is 0 Å². The van der Waals surface area contributed by atoms with Crippen LogP contribution < -0.4 is 17.0 Å². The largest absolute Gasteiger partial charge is 0.368 e.